The van der Waals surface area contributed by atoms with E-state index in [1.54, 1.807) is 35.0 Å². The van der Waals surface area contributed by atoms with Gasteiger partial charge in [-0.15, -0.1) is 5.10 Å². The highest BCUT2D eigenvalue weighted by molar-refractivity contribution is 5.90. The molecule has 1 saturated heterocycles. The van der Waals surface area contributed by atoms with E-state index in [4.69, 9.17) is 4.74 Å². The Kier molecular flexibility index (Phi) is 6.16. The number of nitrogens with zero attached hydrogens (tertiary/aromatic N) is 7. The second-order valence-electron chi connectivity index (χ2n) is 7.20. The van der Waals surface area contributed by atoms with Gasteiger partial charge in [0, 0.05) is 38.6 Å². The van der Waals surface area contributed by atoms with Gasteiger partial charge >= 0.3 is 5.97 Å². The van der Waals surface area contributed by atoms with Gasteiger partial charge < -0.3 is 14.5 Å². The van der Waals surface area contributed by atoms with Gasteiger partial charge in [-0.3, -0.25) is 4.79 Å². The molecule has 0 bridgehead atoms. The number of carbonyl (C=O) groups excluding carboxylic acids is 2. The lowest BCUT2D eigenvalue weighted by molar-refractivity contribution is -0.140. The summed E-state index contributed by atoms with van der Waals surface area (Å²) in [6.07, 6.45) is 3.99. The fourth-order valence-corrected chi connectivity index (χ4v) is 3.35. The molecule has 1 fully saturated rings. The zero-order chi connectivity index (χ0) is 21.6. The molecule has 10 heteroatoms. The van der Waals surface area contributed by atoms with Crippen LogP contribution < -0.4 is 4.90 Å². The molecule has 0 spiro atoms. The largest absolute Gasteiger partial charge is 0.448 e. The maximum Gasteiger partial charge on any atom is 0.361 e. The smallest absolute Gasteiger partial charge is 0.361 e. The van der Waals surface area contributed by atoms with Gasteiger partial charge in [0.25, 0.3) is 5.91 Å². The Morgan fingerprint density at radius 2 is 1.74 bits per heavy atom. The van der Waals surface area contributed by atoms with Crippen molar-refractivity contribution in [2.45, 2.75) is 19.6 Å². The van der Waals surface area contributed by atoms with Gasteiger partial charge in [0.05, 0.1) is 12.7 Å². The van der Waals surface area contributed by atoms with Crippen molar-refractivity contribution < 1.29 is 14.3 Å². The monoisotopic (exact) mass is 421 g/mol. The van der Waals surface area contributed by atoms with E-state index in [0.717, 1.165) is 5.56 Å². The van der Waals surface area contributed by atoms with Gasteiger partial charge in [0.1, 0.15) is 0 Å². The highest BCUT2D eigenvalue weighted by Gasteiger charge is 2.28. The van der Waals surface area contributed by atoms with Crippen molar-refractivity contribution in [1.82, 2.24) is 29.9 Å². The topological polar surface area (TPSA) is 106 Å². The van der Waals surface area contributed by atoms with Crippen LogP contribution in [0, 0.1) is 0 Å². The molecule has 1 aliphatic rings. The lowest BCUT2D eigenvalue weighted by Gasteiger charge is -2.35. The van der Waals surface area contributed by atoms with Gasteiger partial charge in [0.15, 0.2) is 11.8 Å². The molecule has 1 atom stereocenters. The number of carbonyl (C=O) groups is 2. The van der Waals surface area contributed by atoms with E-state index in [9.17, 15) is 9.59 Å². The van der Waals surface area contributed by atoms with Crippen molar-refractivity contribution in [1.29, 1.82) is 0 Å². The van der Waals surface area contributed by atoms with Crippen molar-refractivity contribution in [3.8, 4) is 0 Å². The Labute approximate surface area is 179 Å². The second-order valence-corrected chi connectivity index (χ2v) is 7.20. The van der Waals surface area contributed by atoms with Crippen molar-refractivity contribution in [3.05, 3.63) is 66.2 Å². The number of ether oxygens (including phenoxy) is 1. The summed E-state index contributed by atoms with van der Waals surface area (Å²) in [5.41, 5.74) is 1.11. The predicted molar refractivity (Wildman–Crippen MR) is 111 cm³/mol. The minimum absolute atomic E-state index is 0.0710. The van der Waals surface area contributed by atoms with Gasteiger partial charge in [0.2, 0.25) is 5.95 Å². The highest BCUT2D eigenvalue weighted by atomic mass is 16.5. The van der Waals surface area contributed by atoms with Crippen molar-refractivity contribution in [2.75, 3.05) is 31.1 Å². The maximum atomic E-state index is 12.7. The van der Waals surface area contributed by atoms with Crippen LogP contribution in [-0.4, -0.2) is 74.0 Å². The lowest BCUT2D eigenvalue weighted by atomic mass is 10.2. The van der Waals surface area contributed by atoms with Gasteiger partial charge in [-0.25, -0.2) is 19.4 Å². The third-order valence-electron chi connectivity index (χ3n) is 4.99. The number of hydrogen-bond acceptors (Lipinski definition) is 8. The van der Waals surface area contributed by atoms with E-state index in [1.165, 1.54) is 6.20 Å². The maximum absolute atomic E-state index is 12.7. The highest BCUT2D eigenvalue weighted by Crippen LogP contribution is 2.12. The fourth-order valence-electron chi connectivity index (χ4n) is 3.35. The van der Waals surface area contributed by atoms with Gasteiger partial charge in [-0.1, -0.05) is 35.5 Å². The molecule has 3 heterocycles. The molecule has 4 rings (SSSR count). The minimum Gasteiger partial charge on any atom is -0.448 e. The standard InChI is InChI=1S/C21H23N7O3/c1-16(19(29)26-10-12-27(13-11-26)21-22-8-5-9-23-21)31-20(30)18-15-28(25-24-18)14-17-6-3-2-4-7-17/h2-9,15-16H,10-14H2,1H3. The molecule has 2 aromatic heterocycles. The molecule has 160 valence electrons. The third-order valence-corrected chi connectivity index (χ3v) is 4.99. The van der Waals surface area contributed by atoms with Crippen LogP contribution in [0.2, 0.25) is 0 Å². The summed E-state index contributed by atoms with van der Waals surface area (Å²) in [6.45, 7) is 4.30. The predicted octanol–water partition coefficient (Wildman–Crippen LogP) is 1.01. The quantitative estimate of drug-likeness (QED) is 0.543. The van der Waals surface area contributed by atoms with Gasteiger partial charge in [-0.2, -0.15) is 0 Å². The van der Waals surface area contributed by atoms with Crippen LogP contribution in [0.1, 0.15) is 23.0 Å². The normalized spacial score (nSPS) is 14.9. The van der Waals surface area contributed by atoms with Crippen LogP contribution in [0.3, 0.4) is 0 Å². The number of anilines is 1. The van der Waals surface area contributed by atoms with Crippen LogP contribution >= 0.6 is 0 Å². The Balaban J connectivity index is 1.28. The first-order valence-electron chi connectivity index (χ1n) is 10.1. The average Bonchev–Trinajstić information content (AvgIpc) is 3.28. The van der Waals surface area contributed by atoms with Crippen LogP contribution in [0.4, 0.5) is 5.95 Å². The van der Waals surface area contributed by atoms with E-state index in [-0.39, 0.29) is 11.6 Å². The molecule has 1 aliphatic heterocycles. The molecule has 31 heavy (non-hydrogen) atoms. The van der Waals surface area contributed by atoms with E-state index in [2.05, 4.69) is 20.3 Å². The average molecular weight is 421 g/mol. The summed E-state index contributed by atoms with van der Waals surface area (Å²) < 4.78 is 6.90. The summed E-state index contributed by atoms with van der Waals surface area (Å²) in [6, 6.07) is 11.5. The summed E-state index contributed by atoms with van der Waals surface area (Å²) in [4.78, 5) is 37.3. The molecule has 3 aromatic rings. The van der Waals surface area contributed by atoms with E-state index in [1.807, 2.05) is 35.2 Å². The van der Waals surface area contributed by atoms with Crippen LogP contribution in [-0.2, 0) is 16.1 Å². The SMILES string of the molecule is CC(OC(=O)c1cn(Cc2ccccc2)nn1)C(=O)N1CCN(c2ncccn2)CC1. The van der Waals surface area contributed by atoms with Crippen LogP contribution in [0.5, 0.6) is 0 Å². The van der Waals surface area contributed by atoms with Crippen molar-refractivity contribution in [3.63, 3.8) is 0 Å². The van der Waals surface area contributed by atoms with E-state index in [0.29, 0.717) is 38.7 Å². The number of benzene rings is 1. The first kappa shape index (κ1) is 20.5. The molecule has 1 aromatic carbocycles. The molecular formula is C21H23N7O3. The lowest BCUT2D eigenvalue weighted by Crippen LogP contribution is -2.52. The third kappa shape index (κ3) is 5.03. The minimum atomic E-state index is -0.911. The fraction of sp³-hybridized carbons (Fsp3) is 0.333. The molecule has 0 radical (unpaired) electrons. The first-order valence-corrected chi connectivity index (χ1v) is 10.1. The summed E-state index contributed by atoms with van der Waals surface area (Å²) in [5.74, 6) is -0.261. The summed E-state index contributed by atoms with van der Waals surface area (Å²) in [5, 5.41) is 7.84. The number of amides is 1. The zero-order valence-electron chi connectivity index (χ0n) is 17.2. The molecule has 0 aliphatic carbocycles. The summed E-state index contributed by atoms with van der Waals surface area (Å²) in [7, 11) is 0. The van der Waals surface area contributed by atoms with Gasteiger partial charge in [-0.05, 0) is 18.6 Å². The van der Waals surface area contributed by atoms with Crippen LogP contribution in [0.25, 0.3) is 0 Å². The number of rotatable bonds is 6. The van der Waals surface area contributed by atoms with Crippen LogP contribution in [0.15, 0.2) is 55.0 Å². The Hall–Kier alpha value is -3.82. The van der Waals surface area contributed by atoms with Crippen molar-refractivity contribution >= 4 is 17.8 Å². The molecule has 1 amide bonds. The second kappa shape index (κ2) is 9.33. The van der Waals surface area contributed by atoms with E-state index < -0.39 is 12.1 Å². The molecule has 0 saturated carbocycles. The number of piperazine rings is 1. The number of hydrogen-bond donors (Lipinski definition) is 0. The molecule has 1 unspecified atom stereocenters. The van der Waals surface area contributed by atoms with Crippen molar-refractivity contribution in [2.24, 2.45) is 0 Å². The Morgan fingerprint density at radius 1 is 1.03 bits per heavy atom. The number of aromatic nitrogens is 5. The first-order chi connectivity index (χ1) is 15.1. The van der Waals surface area contributed by atoms with E-state index >= 15 is 0 Å². The Morgan fingerprint density at radius 3 is 2.45 bits per heavy atom. The zero-order valence-corrected chi connectivity index (χ0v) is 17.2. The number of esters is 1. The molecule has 0 N–H and O–H groups in total. The summed E-state index contributed by atoms with van der Waals surface area (Å²) >= 11 is 0. The Bertz CT molecular complexity index is 1020. The molecule has 10 nitrogen and oxygen atoms in total. The molecular weight excluding hydrogens is 398 g/mol.